The number of rotatable bonds is 5. The van der Waals surface area contributed by atoms with Gasteiger partial charge < -0.3 is 10.2 Å². The molecule has 4 aliphatic rings. The van der Waals surface area contributed by atoms with E-state index in [1.54, 1.807) is 0 Å². The Kier molecular flexibility index (Phi) is 6.07. The van der Waals surface area contributed by atoms with Crippen molar-refractivity contribution in [2.24, 2.45) is 23.7 Å². The molecule has 0 bridgehead atoms. The first-order valence-corrected chi connectivity index (χ1v) is 13.1. The van der Waals surface area contributed by atoms with Crippen LogP contribution in [0.4, 0.5) is 0 Å². The van der Waals surface area contributed by atoms with Gasteiger partial charge in [-0.3, -0.25) is 9.59 Å². The zero-order valence-corrected chi connectivity index (χ0v) is 19.9. The molecule has 1 aromatic rings. The second-order valence-electron chi connectivity index (χ2n) is 11.6. The van der Waals surface area contributed by atoms with Crippen molar-refractivity contribution in [2.45, 2.75) is 96.1 Å². The van der Waals surface area contributed by atoms with Crippen molar-refractivity contribution in [1.82, 2.24) is 10.2 Å². The van der Waals surface area contributed by atoms with Gasteiger partial charge in [-0.05, 0) is 86.2 Å². The number of carbonyl (C=O) groups is 2. The van der Waals surface area contributed by atoms with Crippen molar-refractivity contribution in [1.29, 1.82) is 0 Å². The first-order chi connectivity index (χ1) is 15.4. The molecule has 2 saturated carbocycles. The first kappa shape index (κ1) is 22.0. The summed E-state index contributed by atoms with van der Waals surface area (Å²) in [5.41, 5.74) is 2.30. The Morgan fingerprint density at radius 3 is 2.44 bits per heavy atom. The van der Waals surface area contributed by atoms with Crippen molar-refractivity contribution in [2.75, 3.05) is 6.54 Å². The summed E-state index contributed by atoms with van der Waals surface area (Å²) >= 11 is 0. The molecule has 0 radical (unpaired) electrons. The van der Waals surface area contributed by atoms with Gasteiger partial charge in [0, 0.05) is 19.0 Å². The number of carbonyl (C=O) groups excluding carboxylic acids is 2. The average Bonchev–Trinajstić information content (AvgIpc) is 3.41. The van der Waals surface area contributed by atoms with Crippen molar-refractivity contribution in [3.8, 4) is 0 Å². The molecule has 3 fully saturated rings. The number of amides is 2. The van der Waals surface area contributed by atoms with Gasteiger partial charge in [0.1, 0.15) is 5.54 Å². The summed E-state index contributed by atoms with van der Waals surface area (Å²) in [5.74, 6) is 2.48. The lowest BCUT2D eigenvalue weighted by atomic mass is 9.62. The van der Waals surface area contributed by atoms with Gasteiger partial charge in [0.25, 0.3) is 0 Å². The normalized spacial score (nSPS) is 32.8. The maximum Gasteiger partial charge on any atom is 0.246 e. The first-order valence-electron chi connectivity index (χ1n) is 13.1. The second-order valence-corrected chi connectivity index (χ2v) is 11.6. The Balaban J connectivity index is 1.42. The lowest BCUT2D eigenvalue weighted by Crippen LogP contribution is -2.63. The minimum atomic E-state index is -0.640. The molecule has 4 nitrogen and oxygen atoms in total. The van der Waals surface area contributed by atoms with Crippen molar-refractivity contribution >= 4 is 11.8 Å². The molecule has 4 unspecified atom stereocenters. The van der Waals surface area contributed by atoms with E-state index in [-0.39, 0.29) is 11.8 Å². The highest BCUT2D eigenvalue weighted by atomic mass is 16.2. The van der Waals surface area contributed by atoms with Gasteiger partial charge in [0.2, 0.25) is 11.8 Å². The minimum Gasteiger partial charge on any atom is -0.351 e. The lowest BCUT2D eigenvalue weighted by Gasteiger charge is -2.50. The third-order valence-electron chi connectivity index (χ3n) is 8.92. The number of hydrogen-bond donors (Lipinski definition) is 1. The zero-order chi connectivity index (χ0) is 22.3. The fraction of sp³-hybridized carbons (Fsp3) is 0.714. The van der Waals surface area contributed by atoms with E-state index >= 15 is 0 Å². The van der Waals surface area contributed by atoms with Crippen LogP contribution in [0.3, 0.4) is 0 Å². The van der Waals surface area contributed by atoms with Crippen LogP contribution in [0.2, 0.25) is 0 Å². The molecule has 1 saturated heterocycles. The fourth-order valence-electron chi connectivity index (χ4n) is 7.37. The molecule has 1 aliphatic heterocycles. The largest absolute Gasteiger partial charge is 0.351 e. The molecule has 3 aliphatic carbocycles. The van der Waals surface area contributed by atoms with Gasteiger partial charge in [0.05, 0.1) is 0 Å². The minimum absolute atomic E-state index is 0.153. The molecular weight excluding hydrogens is 396 g/mol. The van der Waals surface area contributed by atoms with Crippen LogP contribution in [0, 0.1) is 23.7 Å². The predicted molar refractivity (Wildman–Crippen MR) is 127 cm³/mol. The van der Waals surface area contributed by atoms with Crippen LogP contribution >= 0.6 is 0 Å². The standard InChI is InChI=1S/C28H40N2O2/c1-19(2)13-20-14-26(31)30(18-20)28(27(32)29-25-9-5-6-10-25)12-11-23-15-21-7-3-4-8-22(21)16-24(23)17-28/h3-4,7-8,19-20,23-25H,5-6,9-18H2,1-2H3,(H,29,32). The molecule has 1 heterocycles. The van der Waals surface area contributed by atoms with E-state index in [0.29, 0.717) is 36.1 Å². The Hall–Kier alpha value is -1.84. The van der Waals surface area contributed by atoms with Gasteiger partial charge in [-0.25, -0.2) is 0 Å². The number of nitrogens with one attached hydrogen (secondary N) is 1. The zero-order valence-electron chi connectivity index (χ0n) is 19.9. The van der Waals surface area contributed by atoms with Crippen molar-refractivity contribution in [3.05, 3.63) is 35.4 Å². The Morgan fingerprint density at radius 2 is 1.75 bits per heavy atom. The van der Waals surface area contributed by atoms with E-state index in [9.17, 15) is 9.59 Å². The summed E-state index contributed by atoms with van der Waals surface area (Å²) in [7, 11) is 0. The molecule has 0 spiro atoms. The predicted octanol–water partition coefficient (Wildman–Crippen LogP) is 4.89. The fourth-order valence-corrected chi connectivity index (χ4v) is 7.37. The summed E-state index contributed by atoms with van der Waals surface area (Å²) in [6.07, 6.45) is 11.2. The SMILES string of the molecule is CC(C)CC1CC(=O)N(C2(C(=O)NC3CCCC3)CCC3Cc4ccccc4CC3C2)C1. The number of benzene rings is 1. The Morgan fingerprint density at radius 1 is 1.06 bits per heavy atom. The van der Waals surface area contributed by atoms with E-state index in [1.165, 1.54) is 24.0 Å². The topological polar surface area (TPSA) is 49.4 Å². The molecule has 0 aromatic heterocycles. The van der Waals surface area contributed by atoms with E-state index < -0.39 is 5.54 Å². The highest BCUT2D eigenvalue weighted by Crippen LogP contribution is 2.48. The highest BCUT2D eigenvalue weighted by Gasteiger charge is 2.54. The molecule has 4 heteroatoms. The van der Waals surface area contributed by atoms with Gasteiger partial charge in [-0.2, -0.15) is 0 Å². The highest BCUT2D eigenvalue weighted by molar-refractivity contribution is 5.92. The number of fused-ring (bicyclic) bond motifs is 2. The molecular formula is C28H40N2O2. The van der Waals surface area contributed by atoms with Crippen LogP contribution in [-0.2, 0) is 22.4 Å². The third kappa shape index (κ3) is 4.10. The molecule has 5 rings (SSSR count). The number of hydrogen-bond acceptors (Lipinski definition) is 2. The van der Waals surface area contributed by atoms with Crippen LogP contribution in [0.15, 0.2) is 24.3 Å². The van der Waals surface area contributed by atoms with Gasteiger partial charge in [-0.15, -0.1) is 0 Å². The van der Waals surface area contributed by atoms with E-state index in [1.807, 2.05) is 0 Å². The third-order valence-corrected chi connectivity index (χ3v) is 8.92. The van der Waals surface area contributed by atoms with Crippen LogP contribution in [0.5, 0.6) is 0 Å². The molecule has 4 atom stereocenters. The summed E-state index contributed by atoms with van der Waals surface area (Å²) in [6, 6.07) is 9.14. The summed E-state index contributed by atoms with van der Waals surface area (Å²) in [5, 5.41) is 3.42. The monoisotopic (exact) mass is 436 g/mol. The lowest BCUT2D eigenvalue weighted by molar-refractivity contribution is -0.150. The van der Waals surface area contributed by atoms with Crippen molar-refractivity contribution in [3.63, 3.8) is 0 Å². The van der Waals surface area contributed by atoms with Crippen LogP contribution in [-0.4, -0.2) is 34.8 Å². The number of nitrogens with zero attached hydrogens (tertiary/aromatic N) is 1. The van der Waals surface area contributed by atoms with Crippen LogP contribution in [0.25, 0.3) is 0 Å². The smallest absolute Gasteiger partial charge is 0.246 e. The Labute approximate surface area is 193 Å². The van der Waals surface area contributed by atoms with Gasteiger partial charge in [-0.1, -0.05) is 51.0 Å². The van der Waals surface area contributed by atoms with E-state index in [4.69, 9.17) is 0 Å². The maximum absolute atomic E-state index is 14.0. The second kappa shape index (κ2) is 8.83. The van der Waals surface area contributed by atoms with Gasteiger partial charge in [0.15, 0.2) is 0 Å². The van der Waals surface area contributed by atoms with E-state index in [2.05, 4.69) is 48.3 Å². The molecule has 32 heavy (non-hydrogen) atoms. The van der Waals surface area contributed by atoms with Crippen LogP contribution in [0.1, 0.15) is 82.8 Å². The number of likely N-dealkylation sites (tertiary alicyclic amines) is 1. The van der Waals surface area contributed by atoms with Crippen molar-refractivity contribution < 1.29 is 9.59 Å². The molecule has 1 aromatic carbocycles. The van der Waals surface area contributed by atoms with Crippen LogP contribution < -0.4 is 5.32 Å². The quantitative estimate of drug-likeness (QED) is 0.714. The Bertz CT molecular complexity index is 859. The van der Waals surface area contributed by atoms with E-state index in [0.717, 1.165) is 57.9 Å². The molecule has 174 valence electrons. The average molecular weight is 437 g/mol. The maximum atomic E-state index is 14.0. The van der Waals surface area contributed by atoms with Gasteiger partial charge >= 0.3 is 0 Å². The molecule has 2 amide bonds. The molecule has 1 N–H and O–H groups in total. The summed E-state index contributed by atoms with van der Waals surface area (Å²) < 4.78 is 0. The summed E-state index contributed by atoms with van der Waals surface area (Å²) in [6.45, 7) is 5.24. The summed E-state index contributed by atoms with van der Waals surface area (Å²) in [4.78, 5) is 29.3.